The second-order valence-corrected chi connectivity index (χ2v) is 6.08. The second kappa shape index (κ2) is 5.11. The molecule has 0 aliphatic carbocycles. The van der Waals surface area contributed by atoms with Crippen LogP contribution in [0.25, 0.3) is 0 Å². The molecule has 90 valence electrons. The number of nitrogens with zero attached hydrogens (tertiary/aromatic N) is 1. The first kappa shape index (κ1) is 14.6. The maximum atomic E-state index is 11.0. The number of aldehydes is 1. The summed E-state index contributed by atoms with van der Waals surface area (Å²) in [7, 11) is 2.10. The van der Waals surface area contributed by atoms with E-state index in [4.69, 9.17) is 0 Å². The van der Waals surface area contributed by atoms with Crippen molar-refractivity contribution in [3.63, 3.8) is 0 Å². The van der Waals surface area contributed by atoms with Crippen LogP contribution in [0.15, 0.2) is 0 Å². The van der Waals surface area contributed by atoms with Crippen LogP contribution in [0.4, 0.5) is 0 Å². The standard InChI is InChI=1S/C13H27NO/c1-8-13(6,10-15)9-14(7)11(2)12(3,4)5/h10-11H,8-9H2,1-7H3. The van der Waals surface area contributed by atoms with Crippen LogP contribution in [0.1, 0.15) is 48.0 Å². The number of carbonyl (C=O) groups is 1. The van der Waals surface area contributed by atoms with Crippen LogP contribution >= 0.6 is 0 Å². The summed E-state index contributed by atoms with van der Waals surface area (Å²) in [6, 6.07) is 0.475. The fourth-order valence-electron chi connectivity index (χ4n) is 1.60. The first-order valence-electron chi connectivity index (χ1n) is 5.83. The lowest BCUT2D eigenvalue weighted by atomic mass is 9.84. The Labute approximate surface area is 95.0 Å². The summed E-state index contributed by atoms with van der Waals surface area (Å²) < 4.78 is 0. The molecule has 0 aromatic rings. The van der Waals surface area contributed by atoms with Gasteiger partial charge in [-0.15, -0.1) is 0 Å². The van der Waals surface area contributed by atoms with Gasteiger partial charge in [0.05, 0.1) is 0 Å². The molecule has 0 amide bonds. The molecule has 2 nitrogen and oxygen atoms in total. The minimum absolute atomic E-state index is 0.200. The number of rotatable bonds is 5. The van der Waals surface area contributed by atoms with Gasteiger partial charge < -0.3 is 9.69 Å². The second-order valence-electron chi connectivity index (χ2n) is 6.08. The molecule has 0 aromatic carbocycles. The first-order chi connectivity index (χ1) is 6.66. The van der Waals surface area contributed by atoms with E-state index in [9.17, 15) is 4.79 Å². The molecule has 2 atom stereocenters. The van der Waals surface area contributed by atoms with Crippen molar-refractivity contribution in [3.05, 3.63) is 0 Å². The molecule has 0 heterocycles. The molecule has 0 radical (unpaired) electrons. The van der Waals surface area contributed by atoms with Gasteiger partial charge in [0.1, 0.15) is 6.29 Å². The van der Waals surface area contributed by atoms with Gasteiger partial charge in [0.2, 0.25) is 0 Å². The van der Waals surface area contributed by atoms with Gasteiger partial charge in [0.15, 0.2) is 0 Å². The lowest BCUT2D eigenvalue weighted by Gasteiger charge is -2.38. The molecule has 0 fully saturated rings. The normalized spacial score (nSPS) is 18.7. The van der Waals surface area contributed by atoms with E-state index >= 15 is 0 Å². The molecule has 2 heteroatoms. The van der Waals surface area contributed by atoms with Crippen molar-refractivity contribution in [2.75, 3.05) is 13.6 Å². The van der Waals surface area contributed by atoms with Gasteiger partial charge in [-0.05, 0) is 25.8 Å². The molecule has 0 aromatic heterocycles. The molecule has 0 N–H and O–H groups in total. The summed E-state index contributed by atoms with van der Waals surface area (Å²) in [5, 5.41) is 0. The highest BCUT2D eigenvalue weighted by Crippen LogP contribution is 2.26. The number of hydrogen-bond donors (Lipinski definition) is 0. The zero-order chi connectivity index (χ0) is 12.3. The van der Waals surface area contributed by atoms with Gasteiger partial charge >= 0.3 is 0 Å². The lowest BCUT2D eigenvalue weighted by Crippen LogP contribution is -2.44. The summed E-state index contributed by atoms with van der Waals surface area (Å²) >= 11 is 0. The van der Waals surface area contributed by atoms with Crippen molar-refractivity contribution in [1.29, 1.82) is 0 Å². The third-order valence-corrected chi connectivity index (χ3v) is 3.62. The Morgan fingerprint density at radius 1 is 1.27 bits per heavy atom. The number of hydrogen-bond acceptors (Lipinski definition) is 2. The van der Waals surface area contributed by atoms with Crippen LogP contribution in [0.2, 0.25) is 0 Å². The van der Waals surface area contributed by atoms with E-state index in [0.717, 1.165) is 19.3 Å². The van der Waals surface area contributed by atoms with Gasteiger partial charge in [-0.25, -0.2) is 0 Å². The van der Waals surface area contributed by atoms with E-state index in [1.165, 1.54) is 0 Å². The minimum atomic E-state index is -0.200. The summed E-state index contributed by atoms with van der Waals surface area (Å²) in [5.74, 6) is 0. The molecule has 2 unspecified atom stereocenters. The summed E-state index contributed by atoms with van der Waals surface area (Å²) in [4.78, 5) is 13.3. The maximum absolute atomic E-state index is 11.0. The van der Waals surface area contributed by atoms with Crippen molar-refractivity contribution >= 4 is 6.29 Å². The van der Waals surface area contributed by atoms with E-state index in [2.05, 4.69) is 46.6 Å². The minimum Gasteiger partial charge on any atom is -0.303 e. The van der Waals surface area contributed by atoms with Gasteiger partial charge in [0, 0.05) is 18.0 Å². The highest BCUT2D eigenvalue weighted by atomic mass is 16.1. The van der Waals surface area contributed by atoms with Gasteiger partial charge in [-0.3, -0.25) is 0 Å². The van der Waals surface area contributed by atoms with Crippen molar-refractivity contribution in [1.82, 2.24) is 4.90 Å². The van der Waals surface area contributed by atoms with Gasteiger partial charge in [0.25, 0.3) is 0 Å². The van der Waals surface area contributed by atoms with Crippen LogP contribution in [0.3, 0.4) is 0 Å². The largest absolute Gasteiger partial charge is 0.303 e. The van der Waals surface area contributed by atoms with E-state index < -0.39 is 0 Å². The quantitative estimate of drug-likeness (QED) is 0.654. The van der Waals surface area contributed by atoms with Crippen molar-refractivity contribution in [2.24, 2.45) is 10.8 Å². The molecular formula is C13H27NO. The Bertz CT molecular complexity index is 207. The molecule has 0 bridgehead atoms. The Morgan fingerprint density at radius 3 is 2.00 bits per heavy atom. The molecule has 0 spiro atoms. The predicted molar refractivity (Wildman–Crippen MR) is 66.0 cm³/mol. The summed E-state index contributed by atoms with van der Waals surface area (Å²) in [6.07, 6.45) is 2.00. The molecule has 15 heavy (non-hydrogen) atoms. The zero-order valence-electron chi connectivity index (χ0n) is 11.4. The molecule has 0 saturated carbocycles. The highest BCUT2D eigenvalue weighted by Gasteiger charge is 2.29. The SMILES string of the molecule is CCC(C)(C=O)CN(C)C(C)C(C)(C)C. The Hall–Kier alpha value is -0.370. The zero-order valence-corrected chi connectivity index (χ0v) is 11.4. The van der Waals surface area contributed by atoms with Crippen LogP contribution < -0.4 is 0 Å². The van der Waals surface area contributed by atoms with E-state index in [-0.39, 0.29) is 10.8 Å². The Morgan fingerprint density at radius 2 is 1.73 bits per heavy atom. The van der Waals surface area contributed by atoms with E-state index in [1.807, 2.05) is 6.92 Å². The average molecular weight is 213 g/mol. The van der Waals surface area contributed by atoms with Crippen LogP contribution in [-0.2, 0) is 4.79 Å². The summed E-state index contributed by atoms with van der Waals surface area (Å²) in [6.45, 7) is 13.9. The highest BCUT2D eigenvalue weighted by molar-refractivity contribution is 5.58. The fourth-order valence-corrected chi connectivity index (χ4v) is 1.60. The van der Waals surface area contributed by atoms with Crippen LogP contribution in [0.5, 0.6) is 0 Å². The van der Waals surface area contributed by atoms with E-state index in [1.54, 1.807) is 0 Å². The van der Waals surface area contributed by atoms with Gasteiger partial charge in [-0.1, -0.05) is 34.6 Å². The predicted octanol–water partition coefficient (Wildman–Crippen LogP) is 2.97. The first-order valence-corrected chi connectivity index (χ1v) is 5.83. The smallest absolute Gasteiger partial charge is 0.127 e. The Kier molecular flexibility index (Phi) is 4.98. The third-order valence-electron chi connectivity index (χ3n) is 3.62. The molecule has 0 saturated heterocycles. The van der Waals surface area contributed by atoms with Crippen LogP contribution in [0, 0.1) is 10.8 Å². The third kappa shape index (κ3) is 4.33. The van der Waals surface area contributed by atoms with Crippen molar-refractivity contribution in [2.45, 2.75) is 54.0 Å². The molecule has 0 rings (SSSR count). The topological polar surface area (TPSA) is 20.3 Å². The van der Waals surface area contributed by atoms with Gasteiger partial charge in [-0.2, -0.15) is 0 Å². The Balaban J connectivity index is 4.48. The van der Waals surface area contributed by atoms with Crippen molar-refractivity contribution < 1.29 is 4.79 Å². The molecule has 0 aliphatic rings. The molecule has 0 aliphatic heterocycles. The fraction of sp³-hybridized carbons (Fsp3) is 0.923. The average Bonchev–Trinajstić information content (AvgIpc) is 2.15. The molecular weight excluding hydrogens is 186 g/mol. The van der Waals surface area contributed by atoms with Crippen molar-refractivity contribution in [3.8, 4) is 0 Å². The monoisotopic (exact) mass is 213 g/mol. The maximum Gasteiger partial charge on any atom is 0.127 e. The lowest BCUT2D eigenvalue weighted by molar-refractivity contribution is -0.117. The van der Waals surface area contributed by atoms with E-state index in [0.29, 0.717) is 6.04 Å². The summed E-state index contributed by atoms with van der Waals surface area (Å²) in [5.41, 5.74) is 0.0561. The number of carbonyl (C=O) groups excluding carboxylic acids is 1. The van der Waals surface area contributed by atoms with Crippen LogP contribution in [-0.4, -0.2) is 30.8 Å².